The van der Waals surface area contributed by atoms with E-state index in [1.807, 2.05) is 4.68 Å². The number of aryl methyl sites for hydroxylation is 1. The SMILES string of the molecule is CCCCC(CC)C(O)c1cnnn1CCC. The van der Waals surface area contributed by atoms with Gasteiger partial charge in [0.2, 0.25) is 0 Å². The highest BCUT2D eigenvalue weighted by molar-refractivity contribution is 5.00. The molecule has 1 rings (SSSR count). The van der Waals surface area contributed by atoms with Crippen molar-refractivity contribution in [3.8, 4) is 0 Å². The number of hydrogen-bond acceptors (Lipinski definition) is 3. The van der Waals surface area contributed by atoms with Crippen LogP contribution in [0.25, 0.3) is 0 Å². The van der Waals surface area contributed by atoms with Gasteiger partial charge < -0.3 is 5.11 Å². The molecule has 4 nitrogen and oxygen atoms in total. The molecule has 0 amide bonds. The minimum Gasteiger partial charge on any atom is -0.386 e. The van der Waals surface area contributed by atoms with Crippen LogP contribution >= 0.6 is 0 Å². The zero-order valence-corrected chi connectivity index (χ0v) is 11.3. The highest BCUT2D eigenvalue weighted by atomic mass is 16.3. The van der Waals surface area contributed by atoms with E-state index in [2.05, 4.69) is 31.1 Å². The minimum absolute atomic E-state index is 0.323. The van der Waals surface area contributed by atoms with E-state index in [0.29, 0.717) is 5.92 Å². The van der Waals surface area contributed by atoms with Crippen LogP contribution in [0.3, 0.4) is 0 Å². The van der Waals surface area contributed by atoms with Crippen LogP contribution < -0.4 is 0 Å². The van der Waals surface area contributed by atoms with Gasteiger partial charge in [-0.3, -0.25) is 0 Å². The van der Waals surface area contributed by atoms with Crippen LogP contribution in [-0.4, -0.2) is 20.1 Å². The Hall–Kier alpha value is -0.900. The molecular formula is C13H25N3O. The topological polar surface area (TPSA) is 50.9 Å². The summed E-state index contributed by atoms with van der Waals surface area (Å²) in [7, 11) is 0. The Morgan fingerprint density at radius 3 is 2.65 bits per heavy atom. The van der Waals surface area contributed by atoms with Gasteiger partial charge in [-0.1, -0.05) is 45.2 Å². The van der Waals surface area contributed by atoms with Gasteiger partial charge in [0.1, 0.15) is 6.10 Å². The van der Waals surface area contributed by atoms with E-state index >= 15 is 0 Å². The van der Waals surface area contributed by atoms with E-state index < -0.39 is 6.10 Å². The smallest absolute Gasteiger partial charge is 0.100 e. The molecule has 1 N–H and O–H groups in total. The van der Waals surface area contributed by atoms with E-state index in [1.165, 1.54) is 12.8 Å². The van der Waals surface area contributed by atoms with Gasteiger partial charge in [-0.2, -0.15) is 0 Å². The number of aromatic nitrogens is 3. The molecule has 0 aliphatic carbocycles. The van der Waals surface area contributed by atoms with Crippen LogP contribution in [0.4, 0.5) is 0 Å². The van der Waals surface area contributed by atoms with Crippen LogP contribution in [0, 0.1) is 5.92 Å². The third kappa shape index (κ3) is 3.80. The van der Waals surface area contributed by atoms with Gasteiger partial charge in [0.05, 0.1) is 11.9 Å². The highest BCUT2D eigenvalue weighted by Crippen LogP contribution is 2.28. The fraction of sp³-hybridized carbons (Fsp3) is 0.846. The molecule has 98 valence electrons. The third-order valence-corrected chi connectivity index (χ3v) is 3.29. The summed E-state index contributed by atoms with van der Waals surface area (Å²) in [6.07, 6.45) is 6.71. The maximum absolute atomic E-state index is 10.4. The largest absolute Gasteiger partial charge is 0.386 e. The molecule has 0 radical (unpaired) electrons. The number of nitrogens with zero attached hydrogens (tertiary/aromatic N) is 3. The van der Waals surface area contributed by atoms with Crippen LogP contribution in [0.1, 0.15) is 64.7 Å². The number of hydrogen-bond donors (Lipinski definition) is 1. The molecule has 0 spiro atoms. The number of unbranched alkanes of at least 4 members (excludes halogenated alkanes) is 1. The second kappa shape index (κ2) is 7.43. The van der Waals surface area contributed by atoms with Gasteiger partial charge in [0.25, 0.3) is 0 Å². The van der Waals surface area contributed by atoms with Gasteiger partial charge in [0.15, 0.2) is 0 Å². The number of aliphatic hydroxyl groups is 1. The lowest BCUT2D eigenvalue weighted by molar-refractivity contribution is 0.0899. The first-order chi connectivity index (χ1) is 8.24. The van der Waals surface area contributed by atoms with E-state index in [4.69, 9.17) is 0 Å². The van der Waals surface area contributed by atoms with Crippen LogP contribution in [0.15, 0.2) is 6.20 Å². The van der Waals surface area contributed by atoms with Crippen molar-refractivity contribution in [2.75, 3.05) is 0 Å². The van der Waals surface area contributed by atoms with Gasteiger partial charge in [0, 0.05) is 6.54 Å². The summed E-state index contributed by atoms with van der Waals surface area (Å²) in [6, 6.07) is 0. The molecule has 2 unspecified atom stereocenters. The molecule has 1 aromatic rings. The quantitative estimate of drug-likeness (QED) is 0.759. The monoisotopic (exact) mass is 239 g/mol. The van der Waals surface area contributed by atoms with E-state index in [1.54, 1.807) is 6.20 Å². The van der Waals surface area contributed by atoms with Gasteiger partial charge in [-0.05, 0) is 18.8 Å². The predicted molar refractivity (Wildman–Crippen MR) is 68.6 cm³/mol. The molecular weight excluding hydrogens is 214 g/mol. The Bertz CT molecular complexity index is 311. The first kappa shape index (κ1) is 14.2. The highest BCUT2D eigenvalue weighted by Gasteiger charge is 2.22. The molecule has 4 heteroatoms. The summed E-state index contributed by atoms with van der Waals surface area (Å²) in [6.45, 7) is 7.25. The molecule has 0 bridgehead atoms. The predicted octanol–water partition coefficient (Wildman–Crippen LogP) is 2.94. The van der Waals surface area contributed by atoms with Crippen LogP contribution in [0.5, 0.6) is 0 Å². The van der Waals surface area contributed by atoms with Crippen molar-refractivity contribution < 1.29 is 5.11 Å². The first-order valence-corrected chi connectivity index (χ1v) is 6.80. The van der Waals surface area contributed by atoms with Crippen molar-refractivity contribution in [1.82, 2.24) is 15.0 Å². The van der Waals surface area contributed by atoms with Gasteiger partial charge in [-0.15, -0.1) is 5.10 Å². The van der Waals surface area contributed by atoms with Crippen molar-refractivity contribution in [2.45, 2.75) is 65.5 Å². The molecule has 0 saturated carbocycles. The first-order valence-electron chi connectivity index (χ1n) is 6.80. The zero-order chi connectivity index (χ0) is 12.7. The lowest BCUT2D eigenvalue weighted by Gasteiger charge is -2.21. The molecule has 0 saturated heterocycles. The van der Waals surface area contributed by atoms with Crippen LogP contribution in [-0.2, 0) is 6.54 Å². The maximum Gasteiger partial charge on any atom is 0.100 e. The molecule has 0 aliphatic rings. The lowest BCUT2D eigenvalue weighted by atomic mass is 9.92. The number of aliphatic hydroxyl groups excluding tert-OH is 1. The average molecular weight is 239 g/mol. The second-order valence-electron chi connectivity index (χ2n) is 4.64. The summed E-state index contributed by atoms with van der Waals surface area (Å²) >= 11 is 0. The van der Waals surface area contributed by atoms with Crippen molar-refractivity contribution in [2.24, 2.45) is 5.92 Å². The molecule has 0 aliphatic heterocycles. The maximum atomic E-state index is 10.4. The molecule has 1 aromatic heterocycles. The molecule has 17 heavy (non-hydrogen) atoms. The second-order valence-corrected chi connectivity index (χ2v) is 4.64. The van der Waals surface area contributed by atoms with Gasteiger partial charge >= 0.3 is 0 Å². The summed E-state index contributed by atoms with van der Waals surface area (Å²) in [4.78, 5) is 0. The Kier molecular flexibility index (Phi) is 6.19. The van der Waals surface area contributed by atoms with Gasteiger partial charge in [-0.25, -0.2) is 4.68 Å². The Balaban J connectivity index is 2.70. The Morgan fingerprint density at radius 1 is 1.29 bits per heavy atom. The molecule has 0 fully saturated rings. The fourth-order valence-corrected chi connectivity index (χ4v) is 2.17. The van der Waals surface area contributed by atoms with E-state index in [9.17, 15) is 5.11 Å². The normalized spacial score (nSPS) is 14.8. The lowest BCUT2D eigenvalue weighted by Crippen LogP contribution is -2.17. The molecule has 0 aromatic carbocycles. The zero-order valence-electron chi connectivity index (χ0n) is 11.3. The molecule has 1 heterocycles. The summed E-state index contributed by atoms with van der Waals surface area (Å²) in [5, 5.41) is 18.3. The van der Waals surface area contributed by atoms with E-state index in [-0.39, 0.29) is 0 Å². The Morgan fingerprint density at radius 2 is 2.06 bits per heavy atom. The summed E-state index contributed by atoms with van der Waals surface area (Å²) in [5.74, 6) is 0.323. The van der Waals surface area contributed by atoms with E-state index in [0.717, 1.165) is 31.5 Å². The third-order valence-electron chi connectivity index (χ3n) is 3.29. The average Bonchev–Trinajstić information content (AvgIpc) is 2.78. The van der Waals surface area contributed by atoms with Crippen molar-refractivity contribution >= 4 is 0 Å². The number of rotatable bonds is 8. The minimum atomic E-state index is -0.423. The van der Waals surface area contributed by atoms with Crippen molar-refractivity contribution in [3.05, 3.63) is 11.9 Å². The standard InChI is InChI=1S/C13H25N3O/c1-4-7-8-11(6-3)13(17)12-10-14-15-16(12)9-5-2/h10-11,13,17H,4-9H2,1-3H3. The van der Waals surface area contributed by atoms with Crippen LogP contribution in [0.2, 0.25) is 0 Å². The summed E-state index contributed by atoms with van der Waals surface area (Å²) in [5.41, 5.74) is 0.870. The molecule has 2 atom stereocenters. The summed E-state index contributed by atoms with van der Waals surface area (Å²) < 4.78 is 1.83. The van der Waals surface area contributed by atoms with Crippen molar-refractivity contribution in [3.63, 3.8) is 0 Å². The van der Waals surface area contributed by atoms with Crippen molar-refractivity contribution in [1.29, 1.82) is 0 Å². The Labute approximate surface area is 104 Å². The fourth-order valence-electron chi connectivity index (χ4n) is 2.17.